The van der Waals surface area contributed by atoms with Gasteiger partial charge in [-0.1, -0.05) is 49.4 Å². The van der Waals surface area contributed by atoms with E-state index in [1.807, 2.05) is 87.5 Å². The van der Waals surface area contributed by atoms with E-state index in [1.54, 1.807) is 26.9 Å². The van der Waals surface area contributed by atoms with Crippen LogP contribution in [0.15, 0.2) is 92.0 Å². The van der Waals surface area contributed by atoms with Gasteiger partial charge in [-0.3, -0.25) is 14.4 Å². The quantitative estimate of drug-likeness (QED) is 0.250. The number of carbonyl (C=O) groups excluding carboxylic acids is 3. The van der Waals surface area contributed by atoms with Crippen LogP contribution in [-0.2, 0) is 19.1 Å². The molecule has 3 unspecified atom stereocenters. The summed E-state index contributed by atoms with van der Waals surface area (Å²) in [5.41, 5.74) is -0.886. The Bertz CT molecular complexity index is 1720. The number of aliphatic hydroxyl groups is 1. The van der Waals surface area contributed by atoms with E-state index < -0.39 is 29.1 Å². The number of aliphatic hydroxyl groups excluding tert-OH is 1. The molecule has 6 rings (SSSR count). The number of nitrogens with zero attached hydrogens (tertiary/aromatic N) is 3. The summed E-state index contributed by atoms with van der Waals surface area (Å²) >= 11 is 0. The zero-order chi connectivity index (χ0) is 34.2. The van der Waals surface area contributed by atoms with Crippen LogP contribution in [0.1, 0.15) is 33.6 Å². The Kier molecular flexibility index (Phi) is 9.20. The van der Waals surface area contributed by atoms with E-state index in [0.29, 0.717) is 30.2 Å². The first-order valence-electron chi connectivity index (χ1n) is 16.8. The third kappa shape index (κ3) is 5.29. The second kappa shape index (κ2) is 13.2. The Hall–Kier alpha value is -4.47. The number of ether oxygens (including phenoxy) is 2. The van der Waals surface area contributed by atoms with Gasteiger partial charge in [-0.25, -0.2) is 0 Å². The standard InChI is InChI=1S/C39H45N3O6/c1-6-20-40(29-16-18-31(19-17-29)47-8-3)35(44)32-33-36(45)42(22-11-23-43)34(39(33)25-26(4)38(32,5)48-39)37(46)41(21-7-2)30-15-14-27-12-9-10-13-28(27)24-30/h6-7,9-10,12-19,24,26,32-34,43H,1-2,8,11,20-23,25H2,3-5H3/t26?,32-,33+,34?,38+,39?/m1/s1. The molecule has 3 aromatic rings. The van der Waals surface area contributed by atoms with E-state index in [4.69, 9.17) is 9.47 Å². The highest BCUT2D eigenvalue weighted by Crippen LogP contribution is 2.65. The van der Waals surface area contributed by atoms with Gasteiger partial charge in [-0.15, -0.1) is 13.2 Å². The number of hydrogen-bond acceptors (Lipinski definition) is 6. The van der Waals surface area contributed by atoms with Gasteiger partial charge in [0.25, 0.3) is 5.91 Å². The van der Waals surface area contributed by atoms with E-state index in [0.717, 1.165) is 10.8 Å². The number of amides is 3. The number of hydrogen-bond donors (Lipinski definition) is 1. The lowest BCUT2D eigenvalue weighted by atomic mass is 9.62. The lowest BCUT2D eigenvalue weighted by Crippen LogP contribution is -2.57. The van der Waals surface area contributed by atoms with Gasteiger partial charge in [-0.05, 0) is 79.8 Å². The molecule has 3 fully saturated rings. The van der Waals surface area contributed by atoms with E-state index in [1.165, 1.54) is 0 Å². The zero-order valence-corrected chi connectivity index (χ0v) is 28.0. The van der Waals surface area contributed by atoms with Crippen molar-refractivity contribution < 1.29 is 29.0 Å². The van der Waals surface area contributed by atoms with Crippen LogP contribution >= 0.6 is 0 Å². The second-order valence-corrected chi connectivity index (χ2v) is 13.2. The van der Waals surface area contributed by atoms with E-state index in [9.17, 15) is 19.5 Å². The van der Waals surface area contributed by atoms with Crippen LogP contribution in [0.3, 0.4) is 0 Å². The minimum absolute atomic E-state index is 0.122. The van der Waals surface area contributed by atoms with Gasteiger partial charge < -0.3 is 29.3 Å². The molecule has 0 aromatic heterocycles. The number of rotatable bonds is 13. The van der Waals surface area contributed by atoms with Gasteiger partial charge in [0.1, 0.15) is 17.4 Å². The second-order valence-electron chi connectivity index (χ2n) is 13.2. The highest BCUT2D eigenvalue weighted by Gasteiger charge is 2.80. The van der Waals surface area contributed by atoms with Crippen molar-refractivity contribution in [3.05, 3.63) is 92.0 Å². The molecular weight excluding hydrogens is 606 g/mol. The third-order valence-electron chi connectivity index (χ3n) is 10.5. The first-order valence-corrected chi connectivity index (χ1v) is 16.8. The molecule has 6 atom stereocenters. The summed E-state index contributed by atoms with van der Waals surface area (Å²) in [6.45, 7) is 14.7. The van der Waals surface area contributed by atoms with Crippen molar-refractivity contribution in [2.75, 3.05) is 42.6 Å². The maximum Gasteiger partial charge on any atom is 0.253 e. The maximum absolute atomic E-state index is 15.0. The van der Waals surface area contributed by atoms with Crippen LogP contribution < -0.4 is 14.5 Å². The Labute approximate surface area is 282 Å². The fourth-order valence-electron chi connectivity index (χ4n) is 8.33. The molecule has 48 heavy (non-hydrogen) atoms. The number of carbonyl (C=O) groups is 3. The molecule has 3 saturated heterocycles. The van der Waals surface area contributed by atoms with Crippen LogP contribution in [0.25, 0.3) is 10.8 Å². The van der Waals surface area contributed by atoms with Gasteiger partial charge in [0, 0.05) is 37.6 Å². The van der Waals surface area contributed by atoms with Crippen molar-refractivity contribution >= 4 is 39.9 Å². The molecule has 9 nitrogen and oxygen atoms in total. The van der Waals surface area contributed by atoms with Crippen molar-refractivity contribution in [2.45, 2.75) is 50.9 Å². The molecule has 3 amide bonds. The van der Waals surface area contributed by atoms with Gasteiger partial charge in [0.15, 0.2) is 0 Å². The van der Waals surface area contributed by atoms with Crippen molar-refractivity contribution in [1.82, 2.24) is 4.90 Å². The minimum Gasteiger partial charge on any atom is -0.494 e. The Morgan fingerprint density at radius 3 is 2.29 bits per heavy atom. The smallest absolute Gasteiger partial charge is 0.253 e. The van der Waals surface area contributed by atoms with Crippen LogP contribution in [-0.4, -0.2) is 77.8 Å². The lowest BCUT2D eigenvalue weighted by Gasteiger charge is -2.39. The average molecular weight is 652 g/mol. The van der Waals surface area contributed by atoms with Crippen LogP contribution in [0.4, 0.5) is 11.4 Å². The molecular formula is C39H45N3O6. The van der Waals surface area contributed by atoms with Gasteiger partial charge in [0.2, 0.25) is 11.8 Å². The van der Waals surface area contributed by atoms with E-state index in [2.05, 4.69) is 13.2 Å². The molecule has 0 radical (unpaired) electrons. The molecule has 3 aliphatic heterocycles. The van der Waals surface area contributed by atoms with Crippen molar-refractivity contribution in [3.63, 3.8) is 0 Å². The summed E-state index contributed by atoms with van der Waals surface area (Å²) in [5, 5.41) is 11.8. The summed E-state index contributed by atoms with van der Waals surface area (Å²) in [6.07, 6.45) is 4.07. The molecule has 3 aromatic carbocycles. The molecule has 9 heteroatoms. The molecule has 0 aliphatic carbocycles. The summed E-state index contributed by atoms with van der Waals surface area (Å²) < 4.78 is 12.6. The van der Waals surface area contributed by atoms with Gasteiger partial charge >= 0.3 is 0 Å². The molecule has 2 bridgehead atoms. The number of benzene rings is 3. The van der Waals surface area contributed by atoms with Crippen LogP contribution in [0.5, 0.6) is 5.75 Å². The first-order chi connectivity index (χ1) is 23.1. The van der Waals surface area contributed by atoms with Gasteiger partial charge in [-0.2, -0.15) is 0 Å². The van der Waals surface area contributed by atoms with Crippen molar-refractivity contribution in [1.29, 1.82) is 0 Å². The Morgan fingerprint density at radius 1 is 1.00 bits per heavy atom. The fourth-order valence-corrected chi connectivity index (χ4v) is 8.33. The number of fused-ring (bicyclic) bond motifs is 2. The topological polar surface area (TPSA) is 99.6 Å². The van der Waals surface area contributed by atoms with E-state index >= 15 is 0 Å². The summed E-state index contributed by atoms with van der Waals surface area (Å²) in [6, 6.07) is 20.1. The highest BCUT2D eigenvalue weighted by molar-refractivity contribution is 6.07. The van der Waals surface area contributed by atoms with Crippen LogP contribution in [0.2, 0.25) is 0 Å². The average Bonchev–Trinajstić information content (AvgIpc) is 3.60. The predicted molar refractivity (Wildman–Crippen MR) is 187 cm³/mol. The normalized spacial score (nSPS) is 27.2. The Balaban J connectivity index is 1.43. The lowest BCUT2D eigenvalue weighted by molar-refractivity contribution is -0.146. The van der Waals surface area contributed by atoms with Crippen molar-refractivity contribution in [3.8, 4) is 5.75 Å². The first kappa shape index (κ1) is 33.4. The summed E-state index contributed by atoms with van der Waals surface area (Å²) in [4.78, 5) is 49.3. The monoisotopic (exact) mass is 651 g/mol. The molecule has 1 N–H and O–H groups in total. The number of anilines is 2. The largest absolute Gasteiger partial charge is 0.494 e. The van der Waals surface area contributed by atoms with Crippen LogP contribution in [0, 0.1) is 17.8 Å². The molecule has 252 valence electrons. The molecule has 3 heterocycles. The Morgan fingerprint density at radius 2 is 1.65 bits per heavy atom. The number of likely N-dealkylation sites (tertiary alicyclic amines) is 1. The highest BCUT2D eigenvalue weighted by atomic mass is 16.5. The molecule has 3 aliphatic rings. The van der Waals surface area contributed by atoms with Gasteiger partial charge in [0.05, 0.1) is 24.0 Å². The maximum atomic E-state index is 15.0. The summed E-state index contributed by atoms with van der Waals surface area (Å²) in [7, 11) is 0. The molecule has 0 saturated carbocycles. The van der Waals surface area contributed by atoms with E-state index in [-0.39, 0.29) is 56.3 Å². The van der Waals surface area contributed by atoms with Crippen molar-refractivity contribution in [2.24, 2.45) is 17.8 Å². The predicted octanol–water partition coefficient (Wildman–Crippen LogP) is 5.37. The minimum atomic E-state index is -1.23. The summed E-state index contributed by atoms with van der Waals surface area (Å²) in [5.74, 6) is -1.99. The zero-order valence-electron chi connectivity index (χ0n) is 28.0. The SMILES string of the molecule is C=CCN(C(=O)C1N(CCCO)C(=O)[C@@H]2[C@H](C(=O)N(CC=C)c3ccc(OCC)cc3)[C@@]3(C)OC12CC3C)c1ccc2ccccc2c1. The molecule has 1 spiro atoms. The third-order valence-corrected chi connectivity index (χ3v) is 10.5. The fraction of sp³-hybridized carbons (Fsp3) is 0.410.